The molecule has 1 aliphatic rings. The summed E-state index contributed by atoms with van der Waals surface area (Å²) in [4.78, 5) is 4.12. The summed E-state index contributed by atoms with van der Waals surface area (Å²) in [6.45, 7) is 0.809. The predicted molar refractivity (Wildman–Crippen MR) is 47.1 cm³/mol. The van der Waals surface area contributed by atoms with Crippen LogP contribution in [0.4, 0.5) is 4.39 Å². The fraction of sp³-hybridized carbons (Fsp3) is 0.300. The summed E-state index contributed by atoms with van der Waals surface area (Å²) >= 11 is 0. The number of halogens is 1. The van der Waals surface area contributed by atoms with Gasteiger partial charge in [0.15, 0.2) is 0 Å². The zero-order valence-corrected chi connectivity index (χ0v) is 6.70. The van der Waals surface area contributed by atoms with Gasteiger partial charge in [-0.1, -0.05) is 12.1 Å². The van der Waals surface area contributed by atoms with E-state index in [4.69, 9.17) is 0 Å². The lowest BCUT2D eigenvalue weighted by Crippen LogP contribution is -1.97. The highest BCUT2D eigenvalue weighted by Crippen LogP contribution is 2.22. The number of rotatable bonds is 1. The van der Waals surface area contributed by atoms with Crippen molar-refractivity contribution in [3.05, 3.63) is 35.6 Å². The average Bonchev–Trinajstić information content (AvgIpc) is 2.56. The van der Waals surface area contributed by atoms with Gasteiger partial charge in [0.2, 0.25) is 0 Å². The minimum Gasteiger partial charge on any atom is -0.297 e. The van der Waals surface area contributed by atoms with Crippen LogP contribution >= 0.6 is 0 Å². The number of nitrogens with zero attached hydrogens (tertiary/aromatic N) is 1. The smallest absolute Gasteiger partial charge is 0.123 e. The van der Waals surface area contributed by atoms with Gasteiger partial charge >= 0.3 is 0 Å². The molecule has 0 fully saturated rings. The second kappa shape index (κ2) is 3.05. The topological polar surface area (TPSA) is 12.4 Å². The molecule has 1 heterocycles. The van der Waals surface area contributed by atoms with E-state index >= 15 is 0 Å². The first-order chi connectivity index (χ1) is 5.86. The molecule has 2 rings (SSSR count). The van der Waals surface area contributed by atoms with Crippen LogP contribution in [0.3, 0.4) is 0 Å². The van der Waals surface area contributed by atoms with Crippen molar-refractivity contribution < 1.29 is 4.39 Å². The molecule has 1 aromatic rings. The molecular weight excluding hydrogens is 153 g/mol. The number of aliphatic imine (C=N–C) groups is 1. The average molecular weight is 163 g/mol. The maximum atomic E-state index is 12.8. The number of benzene rings is 1. The van der Waals surface area contributed by atoms with Crippen LogP contribution in [0.25, 0.3) is 0 Å². The highest BCUT2D eigenvalue weighted by Gasteiger charge is 2.13. The number of hydrogen-bond acceptors (Lipinski definition) is 1. The van der Waals surface area contributed by atoms with E-state index in [0.717, 1.165) is 18.5 Å². The molecule has 0 bridgehead atoms. The summed E-state index contributed by atoms with van der Waals surface area (Å²) in [6, 6.07) is 6.78. The molecule has 1 nitrogen and oxygen atoms in total. The van der Waals surface area contributed by atoms with Gasteiger partial charge in [-0.2, -0.15) is 0 Å². The lowest BCUT2D eigenvalue weighted by atomic mass is 9.98. The van der Waals surface area contributed by atoms with Crippen LogP contribution in [-0.2, 0) is 0 Å². The largest absolute Gasteiger partial charge is 0.297 e. The summed E-state index contributed by atoms with van der Waals surface area (Å²) in [5.74, 6) is 0.250. The first-order valence-electron chi connectivity index (χ1n) is 4.10. The van der Waals surface area contributed by atoms with Crippen molar-refractivity contribution in [1.29, 1.82) is 0 Å². The minimum absolute atomic E-state index is 0.153. The molecule has 1 atom stereocenters. The molecule has 0 saturated heterocycles. The molecule has 0 saturated carbocycles. The predicted octanol–water partition coefficient (Wildman–Crippen LogP) is 2.38. The van der Waals surface area contributed by atoms with Crippen molar-refractivity contribution in [3.8, 4) is 0 Å². The zero-order chi connectivity index (χ0) is 8.39. The Morgan fingerprint density at radius 2 is 2.33 bits per heavy atom. The Balaban J connectivity index is 2.22. The molecule has 0 amide bonds. The maximum absolute atomic E-state index is 12.8. The third-order valence-electron chi connectivity index (χ3n) is 2.16. The van der Waals surface area contributed by atoms with E-state index in [1.807, 2.05) is 12.3 Å². The van der Waals surface area contributed by atoms with Crippen molar-refractivity contribution in [3.63, 3.8) is 0 Å². The fourth-order valence-corrected chi connectivity index (χ4v) is 1.48. The number of hydrogen-bond donors (Lipinski definition) is 0. The van der Waals surface area contributed by atoms with Gasteiger partial charge in [-0.05, 0) is 30.3 Å². The molecule has 1 unspecified atom stereocenters. The molecule has 0 radical (unpaired) electrons. The lowest BCUT2D eigenvalue weighted by molar-refractivity contribution is 0.621. The van der Waals surface area contributed by atoms with Crippen molar-refractivity contribution in [2.24, 2.45) is 4.99 Å². The van der Waals surface area contributed by atoms with E-state index in [0.29, 0.717) is 5.92 Å². The summed E-state index contributed by atoms with van der Waals surface area (Å²) in [6.07, 6.45) is 2.86. The Morgan fingerprint density at radius 1 is 1.42 bits per heavy atom. The third-order valence-corrected chi connectivity index (χ3v) is 2.16. The van der Waals surface area contributed by atoms with Crippen LogP contribution in [0.5, 0.6) is 0 Å². The van der Waals surface area contributed by atoms with Gasteiger partial charge in [0.05, 0.1) is 0 Å². The Morgan fingerprint density at radius 3 is 3.00 bits per heavy atom. The first-order valence-corrected chi connectivity index (χ1v) is 4.10. The van der Waals surface area contributed by atoms with Gasteiger partial charge in [0.25, 0.3) is 0 Å². The Kier molecular flexibility index (Phi) is 1.90. The molecular formula is C10H10FN. The molecule has 0 aliphatic carbocycles. The summed E-state index contributed by atoms with van der Waals surface area (Å²) in [5.41, 5.74) is 1.06. The second-order valence-electron chi connectivity index (χ2n) is 3.04. The van der Waals surface area contributed by atoms with Gasteiger partial charge in [0.1, 0.15) is 5.82 Å². The highest BCUT2D eigenvalue weighted by molar-refractivity contribution is 5.61. The second-order valence-corrected chi connectivity index (χ2v) is 3.04. The van der Waals surface area contributed by atoms with Crippen LogP contribution in [-0.4, -0.2) is 12.8 Å². The SMILES string of the molecule is Fc1cccc(C2CC=NC2)c1. The molecule has 1 aliphatic heterocycles. The van der Waals surface area contributed by atoms with Gasteiger partial charge in [-0.3, -0.25) is 4.99 Å². The summed E-state index contributed by atoms with van der Waals surface area (Å²) in [7, 11) is 0. The maximum Gasteiger partial charge on any atom is 0.123 e. The lowest BCUT2D eigenvalue weighted by Gasteiger charge is -2.07. The molecule has 0 aromatic heterocycles. The van der Waals surface area contributed by atoms with Gasteiger partial charge < -0.3 is 0 Å². The van der Waals surface area contributed by atoms with Crippen LogP contribution in [0.2, 0.25) is 0 Å². The Bertz CT molecular complexity index is 298. The zero-order valence-electron chi connectivity index (χ0n) is 6.70. The molecule has 2 heteroatoms. The van der Waals surface area contributed by atoms with Crippen molar-refractivity contribution in [2.75, 3.05) is 6.54 Å². The van der Waals surface area contributed by atoms with E-state index in [9.17, 15) is 4.39 Å². The van der Waals surface area contributed by atoms with Gasteiger partial charge in [-0.25, -0.2) is 4.39 Å². The van der Waals surface area contributed by atoms with Crippen LogP contribution in [0.15, 0.2) is 29.3 Å². The Hall–Kier alpha value is -1.18. The summed E-state index contributed by atoms with van der Waals surface area (Å²) < 4.78 is 12.8. The van der Waals surface area contributed by atoms with Crippen molar-refractivity contribution in [2.45, 2.75) is 12.3 Å². The van der Waals surface area contributed by atoms with E-state index in [1.54, 1.807) is 12.1 Å². The first kappa shape index (κ1) is 7.47. The molecule has 62 valence electrons. The molecule has 0 N–H and O–H groups in total. The molecule has 1 aromatic carbocycles. The third kappa shape index (κ3) is 1.37. The molecule has 12 heavy (non-hydrogen) atoms. The van der Waals surface area contributed by atoms with E-state index in [1.165, 1.54) is 6.07 Å². The normalized spacial score (nSPS) is 21.6. The summed E-state index contributed by atoms with van der Waals surface area (Å²) in [5, 5.41) is 0. The fourth-order valence-electron chi connectivity index (χ4n) is 1.48. The van der Waals surface area contributed by atoms with E-state index < -0.39 is 0 Å². The minimum atomic E-state index is -0.153. The van der Waals surface area contributed by atoms with Gasteiger partial charge in [-0.15, -0.1) is 0 Å². The standard InChI is InChI=1S/C10H10FN/c11-10-3-1-2-8(6-10)9-4-5-12-7-9/h1-3,5-6,9H,4,7H2. The van der Waals surface area contributed by atoms with Gasteiger partial charge in [0, 0.05) is 12.5 Å². The van der Waals surface area contributed by atoms with Crippen molar-refractivity contribution in [1.82, 2.24) is 0 Å². The van der Waals surface area contributed by atoms with Crippen LogP contribution in [0.1, 0.15) is 17.9 Å². The van der Waals surface area contributed by atoms with Crippen LogP contribution < -0.4 is 0 Å². The monoisotopic (exact) mass is 163 g/mol. The van der Waals surface area contributed by atoms with Crippen molar-refractivity contribution >= 4 is 6.21 Å². The van der Waals surface area contributed by atoms with E-state index in [2.05, 4.69) is 4.99 Å². The van der Waals surface area contributed by atoms with E-state index in [-0.39, 0.29) is 5.82 Å². The van der Waals surface area contributed by atoms with Crippen LogP contribution in [0, 0.1) is 5.82 Å². The Labute approximate surface area is 70.9 Å². The molecule has 0 spiro atoms. The highest BCUT2D eigenvalue weighted by atomic mass is 19.1. The quantitative estimate of drug-likeness (QED) is 0.602.